The Balaban J connectivity index is 2.09. The molecular formula is C18H15F3N2OS. The number of hydrogen-bond donors (Lipinski definition) is 0. The lowest BCUT2D eigenvalue weighted by Gasteiger charge is -2.15. The smallest absolute Gasteiger partial charge is 0.268 e. The van der Waals surface area contributed by atoms with Crippen molar-refractivity contribution in [1.29, 1.82) is 0 Å². The van der Waals surface area contributed by atoms with Crippen LogP contribution in [0.15, 0.2) is 29.1 Å². The molecular weight excluding hydrogens is 349 g/mol. The zero-order valence-corrected chi connectivity index (χ0v) is 14.3. The van der Waals surface area contributed by atoms with Crippen LogP contribution in [0.4, 0.5) is 13.2 Å². The lowest BCUT2D eigenvalue weighted by Crippen LogP contribution is -2.28. The second-order valence-electron chi connectivity index (χ2n) is 6.30. The molecule has 0 spiro atoms. The summed E-state index contributed by atoms with van der Waals surface area (Å²) < 4.78 is 41.5. The van der Waals surface area contributed by atoms with Gasteiger partial charge in [-0.1, -0.05) is 17.7 Å². The minimum atomic E-state index is -4.71. The summed E-state index contributed by atoms with van der Waals surface area (Å²) in [4.78, 5) is 18.1. The molecule has 0 aliphatic heterocycles. The van der Waals surface area contributed by atoms with E-state index in [4.69, 9.17) is 0 Å². The summed E-state index contributed by atoms with van der Waals surface area (Å²) in [7, 11) is 0. The Kier molecular flexibility index (Phi) is 3.72. The van der Waals surface area contributed by atoms with Crippen LogP contribution in [-0.2, 0) is 19.0 Å². The second kappa shape index (κ2) is 5.69. The van der Waals surface area contributed by atoms with Gasteiger partial charge >= 0.3 is 6.18 Å². The molecule has 1 aromatic carbocycles. The number of aryl methyl sites for hydroxylation is 3. The van der Waals surface area contributed by atoms with Crippen molar-refractivity contribution >= 4 is 21.6 Å². The predicted octanol–water partition coefficient (Wildman–Crippen LogP) is 4.65. The monoisotopic (exact) mass is 364 g/mol. The van der Waals surface area contributed by atoms with Crippen molar-refractivity contribution < 1.29 is 13.2 Å². The molecule has 25 heavy (non-hydrogen) atoms. The van der Waals surface area contributed by atoms with Crippen molar-refractivity contribution in [2.45, 2.75) is 38.8 Å². The summed E-state index contributed by atoms with van der Waals surface area (Å²) >= 11 is 1.23. The molecule has 2 aromatic heterocycles. The van der Waals surface area contributed by atoms with E-state index in [9.17, 15) is 18.0 Å². The van der Waals surface area contributed by atoms with Gasteiger partial charge in [-0.2, -0.15) is 13.2 Å². The van der Waals surface area contributed by atoms with E-state index in [1.54, 1.807) is 12.1 Å². The van der Waals surface area contributed by atoms with Crippen molar-refractivity contribution in [3.05, 3.63) is 56.4 Å². The molecule has 0 N–H and O–H groups in total. The number of halogens is 3. The van der Waals surface area contributed by atoms with Crippen LogP contribution in [0.5, 0.6) is 0 Å². The summed E-state index contributed by atoms with van der Waals surface area (Å²) in [5, 5.41) is 0.355. The molecule has 0 atom stereocenters. The van der Waals surface area contributed by atoms with E-state index in [1.165, 1.54) is 23.5 Å². The van der Waals surface area contributed by atoms with Crippen molar-refractivity contribution in [3.63, 3.8) is 0 Å². The molecule has 130 valence electrons. The fourth-order valence-corrected chi connectivity index (χ4v) is 4.58. The quantitative estimate of drug-likeness (QED) is 0.630. The molecule has 1 aliphatic rings. The van der Waals surface area contributed by atoms with E-state index in [2.05, 4.69) is 4.98 Å². The largest absolute Gasteiger partial charge is 0.450 e. The van der Waals surface area contributed by atoms with Crippen molar-refractivity contribution in [2.75, 3.05) is 0 Å². The molecule has 0 fully saturated rings. The normalized spacial score (nSPS) is 14.7. The Bertz CT molecular complexity index is 1020. The maximum atomic E-state index is 13.6. The Morgan fingerprint density at radius 2 is 1.80 bits per heavy atom. The standard InChI is InChI=1S/C18H15F3N2OS/c1-10-6-8-11(9-7-10)23-16(24)14-12-4-2-3-5-13(12)25-15(14)22-17(23)18(19,20)21/h6-9H,2-5H2,1H3. The number of rotatable bonds is 1. The van der Waals surface area contributed by atoms with Gasteiger partial charge in [0.15, 0.2) is 0 Å². The van der Waals surface area contributed by atoms with Crippen LogP contribution in [0.1, 0.15) is 34.7 Å². The highest BCUT2D eigenvalue weighted by molar-refractivity contribution is 7.18. The minimum absolute atomic E-state index is 0.188. The van der Waals surface area contributed by atoms with E-state index in [1.807, 2.05) is 6.92 Å². The molecule has 0 radical (unpaired) electrons. The summed E-state index contributed by atoms with van der Waals surface area (Å²) in [5.74, 6) is -1.16. The molecule has 0 saturated carbocycles. The molecule has 3 aromatic rings. The Morgan fingerprint density at radius 1 is 1.12 bits per heavy atom. The van der Waals surface area contributed by atoms with Crippen molar-refractivity contribution in [3.8, 4) is 5.69 Å². The molecule has 1 aliphatic carbocycles. The number of alkyl halides is 3. The number of thiophene rings is 1. The first-order chi connectivity index (χ1) is 11.9. The van der Waals surface area contributed by atoms with Gasteiger partial charge in [-0.3, -0.25) is 9.36 Å². The van der Waals surface area contributed by atoms with Gasteiger partial charge in [-0.25, -0.2) is 4.98 Å². The molecule has 7 heteroatoms. The third-order valence-corrected chi connectivity index (χ3v) is 5.72. The maximum Gasteiger partial charge on any atom is 0.450 e. The highest BCUT2D eigenvalue weighted by Gasteiger charge is 2.38. The number of hydrogen-bond acceptors (Lipinski definition) is 3. The van der Waals surface area contributed by atoms with Crippen molar-refractivity contribution in [1.82, 2.24) is 9.55 Å². The Morgan fingerprint density at radius 3 is 2.48 bits per heavy atom. The molecule has 2 heterocycles. The maximum absolute atomic E-state index is 13.6. The molecule has 0 amide bonds. The number of fused-ring (bicyclic) bond motifs is 3. The lowest BCUT2D eigenvalue weighted by molar-refractivity contribution is -0.146. The van der Waals surface area contributed by atoms with E-state index < -0.39 is 17.6 Å². The van der Waals surface area contributed by atoms with Crippen LogP contribution in [-0.4, -0.2) is 9.55 Å². The first-order valence-electron chi connectivity index (χ1n) is 8.08. The molecule has 0 saturated heterocycles. The molecule has 0 unspecified atom stereocenters. The van der Waals surface area contributed by atoms with Crippen LogP contribution in [0.2, 0.25) is 0 Å². The first kappa shape index (κ1) is 16.3. The fraction of sp³-hybridized carbons (Fsp3) is 0.333. The SMILES string of the molecule is Cc1ccc(-n2c(C(F)(F)F)nc3sc4c(c3c2=O)CCCC4)cc1. The Labute approximate surface area is 145 Å². The first-order valence-corrected chi connectivity index (χ1v) is 8.89. The average Bonchev–Trinajstić information content (AvgIpc) is 2.94. The van der Waals surface area contributed by atoms with Gasteiger partial charge in [0.05, 0.1) is 11.1 Å². The summed E-state index contributed by atoms with van der Waals surface area (Å²) in [6.45, 7) is 1.84. The molecule has 3 nitrogen and oxygen atoms in total. The van der Waals surface area contributed by atoms with E-state index in [0.717, 1.165) is 41.7 Å². The summed E-state index contributed by atoms with van der Waals surface area (Å²) in [6, 6.07) is 6.43. The highest BCUT2D eigenvalue weighted by atomic mass is 32.1. The van der Waals surface area contributed by atoms with E-state index in [0.29, 0.717) is 9.95 Å². The average molecular weight is 364 g/mol. The number of aromatic nitrogens is 2. The van der Waals surface area contributed by atoms with Crippen LogP contribution >= 0.6 is 11.3 Å². The van der Waals surface area contributed by atoms with Gasteiger partial charge in [0.2, 0.25) is 5.82 Å². The third-order valence-electron chi connectivity index (χ3n) is 4.53. The molecule has 0 bridgehead atoms. The molecule has 4 rings (SSSR count). The fourth-order valence-electron chi connectivity index (χ4n) is 3.33. The Hall–Kier alpha value is -2.15. The predicted molar refractivity (Wildman–Crippen MR) is 91.6 cm³/mol. The number of benzene rings is 1. The third kappa shape index (κ3) is 2.66. The summed E-state index contributed by atoms with van der Waals surface area (Å²) in [6.07, 6.45) is -1.22. The lowest BCUT2D eigenvalue weighted by atomic mass is 9.97. The summed E-state index contributed by atoms with van der Waals surface area (Å²) in [5.41, 5.74) is 1.36. The van der Waals surface area contributed by atoms with Gasteiger partial charge in [0, 0.05) is 4.88 Å². The van der Waals surface area contributed by atoms with Gasteiger partial charge in [-0.15, -0.1) is 11.3 Å². The van der Waals surface area contributed by atoms with Crippen molar-refractivity contribution in [2.24, 2.45) is 0 Å². The van der Waals surface area contributed by atoms with Gasteiger partial charge < -0.3 is 0 Å². The zero-order valence-electron chi connectivity index (χ0n) is 13.5. The van der Waals surface area contributed by atoms with Crippen LogP contribution in [0.25, 0.3) is 15.9 Å². The second-order valence-corrected chi connectivity index (χ2v) is 7.38. The minimum Gasteiger partial charge on any atom is -0.268 e. The number of nitrogens with zero attached hydrogens (tertiary/aromatic N) is 2. The highest BCUT2D eigenvalue weighted by Crippen LogP contribution is 2.36. The van der Waals surface area contributed by atoms with E-state index >= 15 is 0 Å². The topological polar surface area (TPSA) is 34.9 Å². The van der Waals surface area contributed by atoms with Crippen LogP contribution in [0.3, 0.4) is 0 Å². The van der Waals surface area contributed by atoms with E-state index in [-0.39, 0.29) is 10.5 Å². The van der Waals surface area contributed by atoms with Gasteiger partial charge in [-0.05, 0) is 50.3 Å². The van der Waals surface area contributed by atoms with Gasteiger partial charge in [0.25, 0.3) is 5.56 Å². The van der Waals surface area contributed by atoms with Crippen LogP contribution < -0.4 is 5.56 Å². The zero-order chi connectivity index (χ0) is 17.8. The van der Waals surface area contributed by atoms with Crippen LogP contribution in [0, 0.1) is 6.92 Å². The van der Waals surface area contributed by atoms with Gasteiger partial charge in [0.1, 0.15) is 4.83 Å².